The highest BCUT2D eigenvalue weighted by atomic mass is 15.3. The van der Waals surface area contributed by atoms with Crippen LogP contribution in [-0.4, -0.2) is 18.7 Å². The number of fused-ring (bicyclic) bond motifs is 7. The first-order valence-corrected chi connectivity index (χ1v) is 14.7. The van der Waals surface area contributed by atoms with Crippen molar-refractivity contribution in [3.05, 3.63) is 139 Å². The van der Waals surface area contributed by atoms with Crippen LogP contribution in [0.1, 0.15) is 5.69 Å². The van der Waals surface area contributed by atoms with Crippen molar-refractivity contribution in [3.8, 4) is 16.8 Å². The molecule has 0 fully saturated rings. The molecule has 4 nitrogen and oxygen atoms in total. The van der Waals surface area contributed by atoms with Gasteiger partial charge < -0.3 is 4.57 Å². The Morgan fingerprint density at radius 2 is 1.09 bits per heavy atom. The van der Waals surface area contributed by atoms with Crippen molar-refractivity contribution in [1.29, 1.82) is 0 Å². The molecule has 0 radical (unpaired) electrons. The molecule has 43 heavy (non-hydrogen) atoms. The topological polar surface area (TPSA) is 27.2 Å². The van der Waals surface area contributed by atoms with Gasteiger partial charge >= 0.3 is 0 Å². The lowest BCUT2D eigenvalue weighted by Crippen LogP contribution is -2.05. The minimum Gasteiger partial charge on any atom is -0.309 e. The van der Waals surface area contributed by atoms with Crippen molar-refractivity contribution in [2.24, 2.45) is 7.05 Å². The first kappa shape index (κ1) is 24.0. The molecule has 0 spiro atoms. The van der Waals surface area contributed by atoms with E-state index in [9.17, 15) is 0 Å². The Morgan fingerprint density at radius 3 is 1.91 bits per heavy atom. The maximum absolute atomic E-state index is 5.05. The van der Waals surface area contributed by atoms with E-state index in [0.29, 0.717) is 0 Å². The molecule has 0 aliphatic heterocycles. The van der Waals surface area contributed by atoms with Gasteiger partial charge in [0.05, 0.1) is 33.1 Å². The molecule has 9 aromatic rings. The number of benzene rings is 6. The molecular weight excluding hydrogens is 524 g/mol. The summed E-state index contributed by atoms with van der Waals surface area (Å²) >= 11 is 0. The van der Waals surface area contributed by atoms with Crippen LogP contribution in [-0.2, 0) is 7.05 Å². The Labute approximate surface area is 248 Å². The summed E-state index contributed by atoms with van der Waals surface area (Å²) < 4.78 is 6.97. The Balaban J connectivity index is 1.34. The summed E-state index contributed by atoms with van der Waals surface area (Å²) in [6.45, 7) is 2.12. The largest absolute Gasteiger partial charge is 0.309 e. The van der Waals surface area contributed by atoms with Gasteiger partial charge in [0.2, 0.25) is 0 Å². The molecule has 0 saturated carbocycles. The summed E-state index contributed by atoms with van der Waals surface area (Å²) in [5.41, 5.74) is 11.5. The molecule has 204 valence electrons. The fourth-order valence-electron chi connectivity index (χ4n) is 7.02. The Bertz CT molecular complexity index is 2580. The van der Waals surface area contributed by atoms with Gasteiger partial charge in [-0.3, -0.25) is 14.2 Å². The molecule has 4 heteroatoms. The molecule has 6 aromatic carbocycles. The number of aryl methyl sites for hydroxylation is 2. The van der Waals surface area contributed by atoms with Crippen molar-refractivity contribution in [2.75, 3.05) is 0 Å². The normalized spacial score (nSPS) is 12.0. The van der Waals surface area contributed by atoms with Crippen LogP contribution in [0.15, 0.2) is 133 Å². The van der Waals surface area contributed by atoms with Crippen molar-refractivity contribution >= 4 is 60.0 Å². The Kier molecular flexibility index (Phi) is 5.00. The third-order valence-corrected chi connectivity index (χ3v) is 8.99. The summed E-state index contributed by atoms with van der Waals surface area (Å²) in [4.78, 5) is 5.05. The molecule has 3 aromatic heterocycles. The predicted molar refractivity (Wildman–Crippen MR) is 180 cm³/mol. The average Bonchev–Trinajstić information content (AvgIpc) is 3.57. The highest BCUT2D eigenvalue weighted by molar-refractivity contribution is 6.15. The van der Waals surface area contributed by atoms with Crippen LogP contribution in [0.4, 0.5) is 0 Å². The maximum Gasteiger partial charge on any atom is 0.0885 e. The van der Waals surface area contributed by atoms with Gasteiger partial charge in [-0.2, -0.15) is 0 Å². The van der Waals surface area contributed by atoms with Crippen molar-refractivity contribution in [2.45, 2.75) is 6.92 Å². The smallest absolute Gasteiger partial charge is 0.0885 e. The van der Waals surface area contributed by atoms with E-state index in [1.54, 1.807) is 0 Å². The van der Waals surface area contributed by atoms with Crippen LogP contribution in [0.25, 0.3) is 76.8 Å². The highest BCUT2D eigenvalue weighted by Gasteiger charge is 2.16. The van der Waals surface area contributed by atoms with E-state index < -0.39 is 0 Å². The zero-order chi connectivity index (χ0) is 28.7. The third kappa shape index (κ3) is 3.41. The second kappa shape index (κ2) is 8.94. The molecule has 0 atom stereocenters. The van der Waals surface area contributed by atoms with E-state index in [-0.39, 0.29) is 0 Å². The fraction of sp³-hybridized carbons (Fsp3) is 0.0513. The molecule has 0 bridgehead atoms. The van der Waals surface area contributed by atoms with E-state index >= 15 is 0 Å². The lowest BCUT2D eigenvalue weighted by atomic mass is 10.0. The first-order chi connectivity index (χ1) is 21.2. The van der Waals surface area contributed by atoms with Gasteiger partial charge in [0.1, 0.15) is 0 Å². The highest BCUT2D eigenvalue weighted by Crippen LogP contribution is 2.38. The lowest BCUT2D eigenvalue weighted by molar-refractivity contribution is 0.744. The van der Waals surface area contributed by atoms with Gasteiger partial charge in [-0.1, -0.05) is 78.9 Å². The van der Waals surface area contributed by atoms with Gasteiger partial charge in [-0.25, -0.2) is 0 Å². The number of nitrogens with zero attached hydrogens (tertiary/aromatic N) is 4. The summed E-state index contributed by atoms with van der Waals surface area (Å²) in [7, 11) is 2.13. The lowest BCUT2D eigenvalue weighted by Gasteiger charge is -2.11. The zero-order valence-corrected chi connectivity index (χ0v) is 24.0. The monoisotopic (exact) mass is 552 g/mol. The molecular formula is C39H28N4. The Morgan fingerprint density at radius 1 is 0.488 bits per heavy atom. The van der Waals surface area contributed by atoms with E-state index in [2.05, 4.69) is 161 Å². The quantitative estimate of drug-likeness (QED) is 0.210. The van der Waals surface area contributed by atoms with Crippen molar-refractivity contribution in [1.82, 2.24) is 18.7 Å². The third-order valence-electron chi connectivity index (χ3n) is 8.99. The van der Waals surface area contributed by atoms with Gasteiger partial charge in [0, 0.05) is 45.4 Å². The van der Waals surface area contributed by atoms with E-state index in [4.69, 9.17) is 4.98 Å². The van der Waals surface area contributed by atoms with Gasteiger partial charge in [-0.15, -0.1) is 0 Å². The number of rotatable bonds is 2. The second-order valence-corrected chi connectivity index (χ2v) is 11.4. The van der Waals surface area contributed by atoms with Crippen LogP contribution < -0.4 is 0 Å². The number of aromatic nitrogens is 4. The second-order valence-electron chi connectivity index (χ2n) is 11.4. The number of hydrogen-bond donors (Lipinski definition) is 0. The summed E-state index contributed by atoms with van der Waals surface area (Å²) in [6, 6.07) is 48.1. The van der Waals surface area contributed by atoms with Gasteiger partial charge in [-0.05, 0) is 72.6 Å². The van der Waals surface area contributed by atoms with Crippen molar-refractivity contribution in [3.63, 3.8) is 0 Å². The predicted octanol–water partition coefficient (Wildman–Crippen LogP) is 9.77. The average molecular weight is 553 g/mol. The molecule has 3 heterocycles. The molecule has 0 amide bonds. The van der Waals surface area contributed by atoms with Gasteiger partial charge in [0.15, 0.2) is 0 Å². The van der Waals surface area contributed by atoms with Crippen LogP contribution in [0.3, 0.4) is 0 Å². The summed E-state index contributed by atoms with van der Waals surface area (Å²) in [5.74, 6) is 0. The van der Waals surface area contributed by atoms with E-state index in [0.717, 1.165) is 22.1 Å². The molecule has 0 saturated heterocycles. The molecule has 0 unspecified atom stereocenters. The summed E-state index contributed by atoms with van der Waals surface area (Å²) in [5, 5.41) is 6.15. The van der Waals surface area contributed by atoms with Crippen LogP contribution >= 0.6 is 0 Å². The minimum absolute atomic E-state index is 0.978. The SMILES string of the molecule is Cc1nc2ccccc2n(C)n2c3ccc(-c4ccc5c(c4)c4ccccc4n5-c4ccccc4)cc3c3cccc1c32. The molecule has 0 aliphatic rings. The minimum atomic E-state index is 0.978. The van der Waals surface area contributed by atoms with E-state index in [1.165, 1.54) is 60.4 Å². The van der Waals surface area contributed by atoms with Crippen molar-refractivity contribution < 1.29 is 0 Å². The van der Waals surface area contributed by atoms with Gasteiger partial charge in [0.25, 0.3) is 0 Å². The zero-order valence-electron chi connectivity index (χ0n) is 24.0. The van der Waals surface area contributed by atoms with Crippen LogP contribution in [0.5, 0.6) is 0 Å². The number of para-hydroxylation sites is 5. The summed E-state index contributed by atoms with van der Waals surface area (Å²) in [6.07, 6.45) is 0. The standard InChI is InChI=1S/C39H28N4/c1-25-29-14-10-15-31-33-24-27(20-22-37(33)43(39(29)31)41(2)38-18-9-7-16-34(38)40-25)26-19-21-36-32(23-26)30-13-6-8-17-35(30)42(36)28-11-4-3-5-12-28/h3-24H,1-2H3. The van der Waals surface area contributed by atoms with E-state index in [1.807, 2.05) is 0 Å². The Hall–Kier alpha value is -5.61. The van der Waals surface area contributed by atoms with Crippen LogP contribution in [0, 0.1) is 6.92 Å². The molecule has 0 N–H and O–H groups in total. The maximum atomic E-state index is 5.05. The molecule has 0 aliphatic carbocycles. The first-order valence-electron chi connectivity index (χ1n) is 14.7. The number of hydrogen-bond acceptors (Lipinski definition) is 1. The fourth-order valence-corrected chi connectivity index (χ4v) is 7.02. The molecule has 9 rings (SSSR count). The van der Waals surface area contributed by atoms with Crippen LogP contribution in [0.2, 0.25) is 0 Å².